The number of hydrogen-bond acceptors (Lipinski definition) is 7. The van der Waals surface area contributed by atoms with E-state index in [2.05, 4.69) is 12.6 Å². The lowest BCUT2D eigenvalue weighted by atomic mass is 9.63. The zero-order valence-electron chi connectivity index (χ0n) is 36.9. The molecule has 4 aromatic rings. The van der Waals surface area contributed by atoms with Crippen LogP contribution in [0, 0.1) is 11.8 Å². The van der Waals surface area contributed by atoms with Crippen LogP contribution in [0.25, 0.3) is 0 Å². The number of thiol groups is 1. The third kappa shape index (κ3) is 14.1. The van der Waals surface area contributed by atoms with E-state index in [1.54, 1.807) is 11.8 Å². The van der Waals surface area contributed by atoms with Gasteiger partial charge < -0.3 is 9.80 Å². The maximum Gasteiger partial charge on any atom is 0.416 e. The number of alkyl halides is 6. The maximum atomic E-state index is 13.5. The molecule has 0 spiro atoms. The van der Waals surface area contributed by atoms with E-state index in [1.807, 2.05) is 58.3 Å². The molecule has 2 unspecified atom stereocenters. The highest BCUT2D eigenvalue weighted by molar-refractivity contribution is 7.99. The van der Waals surface area contributed by atoms with Crippen LogP contribution in [0.2, 0.25) is 10.0 Å². The average Bonchev–Trinajstić information content (AvgIpc) is 3.25. The fraction of sp³-hybridized carbons (Fsp3) is 0.469. The van der Waals surface area contributed by atoms with Crippen LogP contribution in [0.3, 0.4) is 0 Å². The standard InChI is InChI=1S/C24H25ClF3NOS.C18H24ClNO4S.C7H5F3S/c25-20-8-4-18(5-9-20)23(12-2-13-23)22(30)29-14-1-3-17(15-29)16-31-21-10-6-19(7-11-21)24(26,27)28;1-25(22,23)24-13-14-4-2-11-20(12-14)17(21)18(9-3-10-18)15-5-7-16(19)8-6-15;8-7(9,10)5-1-3-6(11)4-2-5/h4-11,17H,1-3,12-16H2;5-8,14H,2-4,9-13H2,1H3;1-4,11H. The Morgan fingerprint density at radius 3 is 1.45 bits per heavy atom. The largest absolute Gasteiger partial charge is 0.416 e. The molecule has 2 heterocycles. The van der Waals surface area contributed by atoms with E-state index in [0.29, 0.717) is 33.9 Å². The van der Waals surface area contributed by atoms with Gasteiger partial charge in [0.1, 0.15) is 0 Å². The predicted octanol–water partition coefficient (Wildman–Crippen LogP) is 12.8. The van der Waals surface area contributed by atoms with Gasteiger partial charge in [-0.1, -0.05) is 60.3 Å². The topological polar surface area (TPSA) is 84.0 Å². The third-order valence-corrected chi connectivity index (χ3v) is 15.6. The Bertz CT molecular complexity index is 2380. The molecule has 0 aromatic heterocycles. The Morgan fingerprint density at radius 2 is 1.06 bits per heavy atom. The second-order valence-corrected chi connectivity index (χ2v) is 21.9. The normalized spacial score (nSPS) is 20.2. The van der Waals surface area contributed by atoms with Crippen LogP contribution in [-0.4, -0.2) is 74.8 Å². The summed E-state index contributed by atoms with van der Waals surface area (Å²) in [6.45, 7) is 2.92. The molecule has 4 aliphatic rings. The minimum Gasteiger partial charge on any atom is -0.342 e. The molecule has 7 nitrogen and oxygen atoms in total. The zero-order chi connectivity index (χ0) is 48.6. The van der Waals surface area contributed by atoms with Crippen molar-refractivity contribution in [3.63, 3.8) is 0 Å². The number of piperidine rings is 2. The minimum absolute atomic E-state index is 0.0646. The third-order valence-electron chi connectivity index (χ3n) is 13.0. The van der Waals surface area contributed by atoms with Gasteiger partial charge in [0.05, 0.1) is 34.8 Å². The first-order valence-corrected chi connectivity index (χ1v) is 26.2. The number of carbonyl (C=O) groups is 2. The summed E-state index contributed by atoms with van der Waals surface area (Å²) in [5.74, 6) is 1.57. The van der Waals surface area contributed by atoms with E-state index in [0.717, 1.165) is 130 Å². The van der Waals surface area contributed by atoms with Gasteiger partial charge in [-0.15, -0.1) is 24.4 Å². The highest BCUT2D eigenvalue weighted by Gasteiger charge is 2.49. The molecule has 2 amide bonds. The second-order valence-electron chi connectivity index (χ2n) is 17.8. The van der Waals surface area contributed by atoms with Crippen molar-refractivity contribution >= 4 is 69.5 Å². The molecule has 2 saturated carbocycles. The van der Waals surface area contributed by atoms with Crippen molar-refractivity contribution in [1.82, 2.24) is 9.80 Å². The molecule has 0 N–H and O–H groups in total. The number of nitrogens with zero attached hydrogens (tertiary/aromatic N) is 2. The summed E-state index contributed by atoms with van der Waals surface area (Å²) in [5, 5.41) is 1.34. The molecule has 2 aliphatic heterocycles. The van der Waals surface area contributed by atoms with E-state index in [4.69, 9.17) is 27.4 Å². The Hall–Kier alpha value is -3.41. The van der Waals surface area contributed by atoms with Gasteiger partial charge in [-0.05, 0) is 141 Å². The van der Waals surface area contributed by atoms with Crippen LogP contribution in [0.4, 0.5) is 26.3 Å². The molecule has 4 aromatic carbocycles. The maximum absolute atomic E-state index is 13.5. The monoisotopic (exact) mass is 1030 g/mol. The van der Waals surface area contributed by atoms with Crippen molar-refractivity contribution in [2.24, 2.45) is 11.8 Å². The number of halogens is 8. The molecule has 18 heteroatoms. The molecule has 2 aliphatic carbocycles. The van der Waals surface area contributed by atoms with Crippen molar-refractivity contribution < 1.29 is 48.5 Å². The highest BCUT2D eigenvalue weighted by Crippen LogP contribution is 2.47. The second kappa shape index (κ2) is 22.6. The molecule has 4 fully saturated rings. The lowest BCUT2D eigenvalue weighted by Crippen LogP contribution is -2.54. The Labute approximate surface area is 408 Å². The lowest BCUT2D eigenvalue weighted by molar-refractivity contribution is -0.143. The van der Waals surface area contributed by atoms with Crippen molar-refractivity contribution in [2.75, 3.05) is 44.8 Å². The number of benzene rings is 4. The minimum atomic E-state index is -4.31. The average molecular weight is 1030 g/mol. The summed E-state index contributed by atoms with van der Waals surface area (Å²) >= 11 is 17.4. The van der Waals surface area contributed by atoms with Gasteiger partial charge in [0, 0.05) is 57.7 Å². The van der Waals surface area contributed by atoms with E-state index >= 15 is 0 Å². The molecule has 67 heavy (non-hydrogen) atoms. The molecule has 364 valence electrons. The number of likely N-dealkylation sites (tertiary alicyclic amines) is 2. The van der Waals surface area contributed by atoms with E-state index < -0.39 is 44.4 Å². The van der Waals surface area contributed by atoms with Crippen LogP contribution in [-0.2, 0) is 47.1 Å². The fourth-order valence-corrected chi connectivity index (χ4v) is 10.9. The summed E-state index contributed by atoms with van der Waals surface area (Å²) < 4.78 is 101. The summed E-state index contributed by atoms with van der Waals surface area (Å²) in [5.41, 5.74) is -0.0522. The van der Waals surface area contributed by atoms with E-state index in [9.17, 15) is 44.3 Å². The number of rotatable bonds is 10. The van der Waals surface area contributed by atoms with Gasteiger partial charge in [-0.2, -0.15) is 34.8 Å². The van der Waals surface area contributed by atoms with E-state index in [-0.39, 0.29) is 24.3 Å². The first-order chi connectivity index (χ1) is 31.6. The Kier molecular flexibility index (Phi) is 17.8. The van der Waals surface area contributed by atoms with Crippen LogP contribution < -0.4 is 0 Å². The lowest BCUT2D eigenvalue weighted by Gasteiger charge is -2.46. The van der Waals surface area contributed by atoms with Crippen LogP contribution >= 0.6 is 47.6 Å². The SMILES string of the molecule is CS(=O)(=O)OCC1CCCN(C(=O)C2(c3ccc(Cl)cc3)CCC2)C1.FC(F)(F)c1ccc(S)cc1.O=C(N1CCCC(CSc2ccc(C(F)(F)F)cc2)C1)C1(c2ccc(Cl)cc2)CCC1. The number of amides is 2. The van der Waals surface area contributed by atoms with Gasteiger partial charge in [0.15, 0.2) is 0 Å². The van der Waals surface area contributed by atoms with Crippen LogP contribution in [0.15, 0.2) is 107 Å². The summed E-state index contributed by atoms with van der Waals surface area (Å²) in [6, 6.07) is 25.2. The molecular formula is C49H54Cl2F6N2O5S3. The van der Waals surface area contributed by atoms with Crippen molar-refractivity contribution in [2.45, 2.75) is 97.2 Å². The molecule has 2 atom stereocenters. The summed E-state index contributed by atoms with van der Waals surface area (Å²) in [6.07, 6.45) is 1.80. The Morgan fingerprint density at radius 1 is 0.657 bits per heavy atom. The number of hydrogen-bond donors (Lipinski definition) is 1. The smallest absolute Gasteiger partial charge is 0.342 e. The number of thioether (sulfide) groups is 1. The fourth-order valence-electron chi connectivity index (χ4n) is 9.05. The molecule has 0 radical (unpaired) electrons. The quantitative estimate of drug-likeness (QED) is 0.0737. The molecular weight excluding hydrogens is 978 g/mol. The van der Waals surface area contributed by atoms with Gasteiger partial charge in [-0.3, -0.25) is 13.8 Å². The van der Waals surface area contributed by atoms with Gasteiger partial charge >= 0.3 is 12.4 Å². The molecule has 0 bridgehead atoms. The van der Waals surface area contributed by atoms with Crippen molar-refractivity contribution in [3.8, 4) is 0 Å². The van der Waals surface area contributed by atoms with Gasteiger partial charge in [-0.25, -0.2) is 0 Å². The summed E-state index contributed by atoms with van der Waals surface area (Å²) in [4.78, 5) is 32.0. The Balaban J connectivity index is 0.000000183. The number of carbonyl (C=O) groups excluding carboxylic acids is 2. The van der Waals surface area contributed by atoms with Gasteiger partial charge in [0.25, 0.3) is 10.1 Å². The van der Waals surface area contributed by atoms with Crippen LogP contribution in [0.1, 0.15) is 86.5 Å². The van der Waals surface area contributed by atoms with Crippen molar-refractivity contribution in [1.29, 1.82) is 0 Å². The van der Waals surface area contributed by atoms with E-state index in [1.165, 1.54) is 24.3 Å². The molecule has 2 saturated heterocycles. The van der Waals surface area contributed by atoms with Gasteiger partial charge in [0.2, 0.25) is 11.8 Å². The first-order valence-electron chi connectivity index (χ1n) is 22.2. The molecule has 8 rings (SSSR count). The summed E-state index contributed by atoms with van der Waals surface area (Å²) in [7, 11) is -3.45. The predicted molar refractivity (Wildman–Crippen MR) is 254 cm³/mol. The van der Waals surface area contributed by atoms with Crippen LogP contribution in [0.5, 0.6) is 0 Å². The highest BCUT2D eigenvalue weighted by atomic mass is 35.5. The first kappa shape index (κ1) is 53.0. The zero-order valence-corrected chi connectivity index (χ0v) is 41.0. The van der Waals surface area contributed by atoms with Crippen molar-refractivity contribution in [3.05, 3.63) is 129 Å².